The molecule has 0 unspecified atom stereocenters. The van der Waals surface area contributed by atoms with Gasteiger partial charge in [0.15, 0.2) is 5.58 Å². The van der Waals surface area contributed by atoms with Crippen LogP contribution in [-0.4, -0.2) is 55.6 Å². The van der Waals surface area contributed by atoms with Crippen LogP contribution in [0.4, 0.5) is 5.69 Å². The lowest BCUT2D eigenvalue weighted by atomic mass is 10.1. The summed E-state index contributed by atoms with van der Waals surface area (Å²) in [7, 11) is -3.78. The SMILES string of the molecule is CC(=O)Nc1ccc(S(=O)(=O)N2CCN(C(=O)c3cc4cc(Br)cc(Br)c4oc3=O)CC2)cc1. The summed E-state index contributed by atoms with van der Waals surface area (Å²) < 4.78 is 34.0. The molecule has 0 radical (unpaired) electrons. The zero-order chi connectivity index (χ0) is 24.6. The number of nitrogens with one attached hydrogen (secondary N) is 1. The number of amides is 2. The van der Waals surface area contributed by atoms with Gasteiger partial charge in [-0.1, -0.05) is 15.9 Å². The number of benzene rings is 2. The highest BCUT2D eigenvalue weighted by Crippen LogP contribution is 2.28. The van der Waals surface area contributed by atoms with E-state index in [1.54, 1.807) is 12.1 Å². The number of rotatable bonds is 4. The van der Waals surface area contributed by atoms with E-state index in [1.807, 2.05) is 0 Å². The van der Waals surface area contributed by atoms with E-state index in [2.05, 4.69) is 37.2 Å². The lowest BCUT2D eigenvalue weighted by Gasteiger charge is -2.33. The van der Waals surface area contributed by atoms with Crippen molar-refractivity contribution in [1.29, 1.82) is 0 Å². The second-order valence-electron chi connectivity index (χ2n) is 7.66. The van der Waals surface area contributed by atoms with Crippen LogP contribution in [0.5, 0.6) is 0 Å². The molecule has 2 amide bonds. The zero-order valence-corrected chi connectivity index (χ0v) is 21.9. The van der Waals surface area contributed by atoms with Crippen molar-refractivity contribution < 1.29 is 22.4 Å². The summed E-state index contributed by atoms with van der Waals surface area (Å²) in [4.78, 5) is 38.2. The molecule has 3 aromatic rings. The van der Waals surface area contributed by atoms with E-state index < -0.39 is 21.6 Å². The molecular formula is C22H19Br2N3O6S. The van der Waals surface area contributed by atoms with Gasteiger partial charge in [0, 0.05) is 48.6 Å². The molecule has 0 bridgehead atoms. The van der Waals surface area contributed by atoms with Crippen LogP contribution in [-0.2, 0) is 14.8 Å². The van der Waals surface area contributed by atoms with Gasteiger partial charge in [-0.05, 0) is 58.4 Å². The minimum Gasteiger partial charge on any atom is -0.421 e. The number of sulfonamides is 1. The summed E-state index contributed by atoms with van der Waals surface area (Å²) in [5.74, 6) is -0.763. The fraction of sp³-hybridized carbons (Fsp3) is 0.227. The first-order valence-corrected chi connectivity index (χ1v) is 13.2. The van der Waals surface area contributed by atoms with Crippen molar-refractivity contribution in [2.24, 2.45) is 0 Å². The third kappa shape index (κ3) is 4.95. The topological polar surface area (TPSA) is 117 Å². The molecule has 34 heavy (non-hydrogen) atoms. The van der Waals surface area contributed by atoms with Crippen LogP contribution in [0.2, 0.25) is 0 Å². The molecule has 2 aromatic carbocycles. The van der Waals surface area contributed by atoms with Crippen LogP contribution in [0, 0.1) is 0 Å². The van der Waals surface area contributed by atoms with Crippen molar-refractivity contribution in [3.05, 3.63) is 67.4 Å². The van der Waals surface area contributed by atoms with E-state index >= 15 is 0 Å². The van der Waals surface area contributed by atoms with Gasteiger partial charge in [0.1, 0.15) is 5.56 Å². The smallest absolute Gasteiger partial charge is 0.349 e. The summed E-state index contributed by atoms with van der Waals surface area (Å²) in [6.45, 7) is 1.78. The summed E-state index contributed by atoms with van der Waals surface area (Å²) in [6, 6.07) is 10.8. The van der Waals surface area contributed by atoms with Gasteiger partial charge in [-0.3, -0.25) is 9.59 Å². The molecule has 0 spiro atoms. The number of hydrogen-bond acceptors (Lipinski definition) is 6. The Morgan fingerprint density at radius 1 is 1.00 bits per heavy atom. The number of carbonyl (C=O) groups is 2. The fourth-order valence-electron chi connectivity index (χ4n) is 3.67. The fourth-order valence-corrected chi connectivity index (χ4v) is 6.43. The number of hydrogen-bond donors (Lipinski definition) is 1. The minimum absolute atomic E-state index is 0.0809. The quantitative estimate of drug-likeness (QED) is 0.451. The van der Waals surface area contributed by atoms with E-state index in [1.165, 1.54) is 46.5 Å². The third-order valence-electron chi connectivity index (χ3n) is 5.32. The Bertz CT molecular complexity index is 1450. The molecule has 1 N–H and O–H groups in total. The second kappa shape index (κ2) is 9.61. The normalized spacial score (nSPS) is 14.9. The van der Waals surface area contributed by atoms with Crippen molar-refractivity contribution in [2.45, 2.75) is 11.8 Å². The van der Waals surface area contributed by atoms with Gasteiger partial charge in [0.2, 0.25) is 15.9 Å². The second-order valence-corrected chi connectivity index (χ2v) is 11.4. The summed E-state index contributed by atoms with van der Waals surface area (Å²) in [6.07, 6.45) is 0. The van der Waals surface area contributed by atoms with Crippen LogP contribution in [0.3, 0.4) is 0 Å². The molecule has 0 saturated carbocycles. The molecule has 1 aromatic heterocycles. The molecule has 0 atom stereocenters. The number of fused-ring (bicyclic) bond motifs is 1. The number of nitrogens with zero attached hydrogens (tertiary/aromatic N) is 2. The number of halogens is 2. The maximum atomic E-state index is 13.0. The van der Waals surface area contributed by atoms with E-state index in [4.69, 9.17) is 4.42 Å². The number of carbonyl (C=O) groups excluding carboxylic acids is 2. The van der Waals surface area contributed by atoms with Gasteiger partial charge in [-0.2, -0.15) is 4.31 Å². The molecule has 12 heteroatoms. The molecule has 178 valence electrons. The first-order chi connectivity index (χ1) is 16.1. The Morgan fingerprint density at radius 3 is 2.26 bits per heavy atom. The van der Waals surface area contributed by atoms with Gasteiger partial charge < -0.3 is 14.6 Å². The molecule has 0 aliphatic carbocycles. The number of piperazine rings is 1. The van der Waals surface area contributed by atoms with Gasteiger partial charge in [-0.15, -0.1) is 0 Å². The predicted molar refractivity (Wildman–Crippen MR) is 133 cm³/mol. The zero-order valence-electron chi connectivity index (χ0n) is 17.9. The Morgan fingerprint density at radius 2 is 1.65 bits per heavy atom. The van der Waals surface area contributed by atoms with Gasteiger partial charge in [-0.25, -0.2) is 13.2 Å². The minimum atomic E-state index is -3.78. The van der Waals surface area contributed by atoms with Crippen LogP contribution in [0.1, 0.15) is 17.3 Å². The van der Waals surface area contributed by atoms with Gasteiger partial charge in [0.05, 0.1) is 9.37 Å². The highest BCUT2D eigenvalue weighted by atomic mass is 79.9. The summed E-state index contributed by atoms with van der Waals surface area (Å²) in [5, 5.41) is 3.17. The largest absolute Gasteiger partial charge is 0.421 e. The molecule has 1 aliphatic heterocycles. The Balaban J connectivity index is 1.49. The van der Waals surface area contributed by atoms with Crippen LogP contribution in [0.25, 0.3) is 11.0 Å². The predicted octanol–water partition coefficient (Wildman–Crippen LogP) is 3.42. The van der Waals surface area contributed by atoms with Crippen LogP contribution >= 0.6 is 31.9 Å². The first-order valence-electron chi connectivity index (χ1n) is 10.2. The molecule has 1 aliphatic rings. The van der Waals surface area contributed by atoms with Crippen molar-refractivity contribution >= 4 is 70.4 Å². The van der Waals surface area contributed by atoms with E-state index in [-0.39, 0.29) is 42.5 Å². The van der Waals surface area contributed by atoms with E-state index in [9.17, 15) is 22.8 Å². The van der Waals surface area contributed by atoms with Crippen molar-refractivity contribution in [2.75, 3.05) is 31.5 Å². The maximum Gasteiger partial charge on any atom is 0.349 e. The van der Waals surface area contributed by atoms with Crippen LogP contribution < -0.4 is 10.9 Å². The first kappa shape index (κ1) is 24.6. The lowest BCUT2D eigenvalue weighted by molar-refractivity contribution is -0.114. The summed E-state index contributed by atoms with van der Waals surface area (Å²) in [5.41, 5.74) is -0.0301. The molecule has 4 rings (SSSR count). The van der Waals surface area contributed by atoms with E-state index in [0.717, 1.165) is 4.47 Å². The Kier molecular flexibility index (Phi) is 6.94. The van der Waals surface area contributed by atoms with Gasteiger partial charge >= 0.3 is 5.63 Å². The average Bonchev–Trinajstić information content (AvgIpc) is 2.79. The maximum absolute atomic E-state index is 13.0. The van der Waals surface area contributed by atoms with E-state index in [0.29, 0.717) is 21.1 Å². The van der Waals surface area contributed by atoms with Crippen molar-refractivity contribution in [3.63, 3.8) is 0 Å². The van der Waals surface area contributed by atoms with Crippen molar-refractivity contribution in [3.8, 4) is 0 Å². The number of anilines is 1. The highest BCUT2D eigenvalue weighted by Gasteiger charge is 2.31. The molecule has 1 saturated heterocycles. The average molecular weight is 613 g/mol. The monoisotopic (exact) mass is 611 g/mol. The molecule has 9 nitrogen and oxygen atoms in total. The van der Waals surface area contributed by atoms with Crippen molar-refractivity contribution in [1.82, 2.24) is 9.21 Å². The third-order valence-corrected chi connectivity index (χ3v) is 8.28. The molecular weight excluding hydrogens is 594 g/mol. The van der Waals surface area contributed by atoms with Crippen LogP contribution in [0.15, 0.2) is 65.5 Å². The Hall–Kier alpha value is -2.54. The highest BCUT2D eigenvalue weighted by molar-refractivity contribution is 9.11. The standard InChI is InChI=1S/C22H19Br2N3O6S/c1-13(28)25-16-2-4-17(5-3-16)34(31,32)27-8-6-26(7-9-27)21(29)18-11-14-10-15(23)12-19(24)20(14)33-22(18)30/h2-5,10-12H,6-9H2,1H3,(H,25,28). The summed E-state index contributed by atoms with van der Waals surface area (Å²) >= 11 is 6.71. The lowest BCUT2D eigenvalue weighted by Crippen LogP contribution is -2.51. The van der Waals surface area contributed by atoms with Gasteiger partial charge in [0.25, 0.3) is 5.91 Å². The molecule has 1 fully saturated rings. The Labute approximate surface area is 212 Å². The molecule has 2 heterocycles.